The van der Waals surface area contributed by atoms with Gasteiger partial charge in [0, 0.05) is 30.1 Å². The monoisotopic (exact) mass is 309 g/mol. The molecule has 6 heteroatoms. The number of nitrogens with zero attached hydrogens (tertiary/aromatic N) is 3. The zero-order valence-corrected chi connectivity index (χ0v) is 12.8. The van der Waals surface area contributed by atoms with Crippen molar-refractivity contribution in [1.82, 2.24) is 9.38 Å². The highest BCUT2D eigenvalue weighted by molar-refractivity contribution is 5.71. The molecule has 6 nitrogen and oxygen atoms in total. The number of methoxy groups -OCH3 is 1. The molecule has 0 bridgehead atoms. The van der Waals surface area contributed by atoms with Gasteiger partial charge in [-0.15, -0.1) is 0 Å². The van der Waals surface area contributed by atoms with Gasteiger partial charge in [0.15, 0.2) is 0 Å². The van der Waals surface area contributed by atoms with Crippen LogP contribution in [0.3, 0.4) is 0 Å². The number of benzene rings is 1. The molecule has 0 radical (unpaired) electrons. The fraction of sp³-hybridized carbons (Fsp3) is 0.118. The first kappa shape index (κ1) is 14.8. The molecule has 0 aliphatic heterocycles. The van der Waals surface area contributed by atoms with E-state index in [0.29, 0.717) is 0 Å². The number of rotatable bonds is 4. The van der Waals surface area contributed by atoms with E-state index < -0.39 is 4.92 Å². The second kappa shape index (κ2) is 5.92. The third kappa shape index (κ3) is 2.91. The molecule has 1 aromatic carbocycles. The Hall–Kier alpha value is -3.15. The van der Waals surface area contributed by atoms with Gasteiger partial charge in [0.05, 0.1) is 17.7 Å². The Bertz CT molecular complexity index is 895. The number of ether oxygens (including phenoxy) is 1. The first-order valence-electron chi connectivity index (χ1n) is 7.04. The van der Waals surface area contributed by atoms with Crippen LogP contribution in [0.15, 0.2) is 42.6 Å². The molecular weight excluding hydrogens is 294 g/mol. The van der Waals surface area contributed by atoms with Crippen molar-refractivity contribution in [3.05, 3.63) is 69.7 Å². The molecule has 0 spiro atoms. The van der Waals surface area contributed by atoms with E-state index in [-0.39, 0.29) is 5.69 Å². The van der Waals surface area contributed by atoms with E-state index in [4.69, 9.17) is 4.74 Å². The molecule has 116 valence electrons. The third-order valence-corrected chi connectivity index (χ3v) is 3.65. The molecule has 2 heterocycles. The van der Waals surface area contributed by atoms with E-state index in [0.717, 1.165) is 28.3 Å². The van der Waals surface area contributed by atoms with Gasteiger partial charge in [0.2, 0.25) is 0 Å². The van der Waals surface area contributed by atoms with Crippen molar-refractivity contribution in [3.8, 4) is 5.75 Å². The van der Waals surface area contributed by atoms with E-state index in [1.165, 1.54) is 12.1 Å². The van der Waals surface area contributed by atoms with E-state index in [1.807, 2.05) is 41.8 Å². The fourth-order valence-corrected chi connectivity index (χ4v) is 2.33. The Labute approximate surface area is 132 Å². The molecule has 0 saturated carbocycles. The maximum Gasteiger partial charge on any atom is 0.269 e. The molecule has 0 saturated heterocycles. The average molecular weight is 309 g/mol. The van der Waals surface area contributed by atoms with Crippen LogP contribution < -0.4 is 4.74 Å². The normalized spacial score (nSPS) is 11.2. The summed E-state index contributed by atoms with van der Waals surface area (Å²) < 4.78 is 7.19. The molecule has 3 rings (SSSR count). The highest BCUT2D eigenvalue weighted by atomic mass is 16.6. The maximum atomic E-state index is 10.7. The van der Waals surface area contributed by atoms with E-state index in [1.54, 1.807) is 19.2 Å². The number of aryl methyl sites for hydroxylation is 1. The summed E-state index contributed by atoms with van der Waals surface area (Å²) >= 11 is 0. The largest absolute Gasteiger partial charge is 0.497 e. The van der Waals surface area contributed by atoms with Crippen molar-refractivity contribution in [2.45, 2.75) is 6.92 Å². The molecule has 3 aromatic rings. The topological polar surface area (TPSA) is 69.7 Å². The lowest BCUT2D eigenvalue weighted by molar-refractivity contribution is -0.384. The van der Waals surface area contributed by atoms with Crippen LogP contribution in [-0.2, 0) is 0 Å². The summed E-state index contributed by atoms with van der Waals surface area (Å²) in [5.74, 6) is 0.758. The first-order valence-corrected chi connectivity index (χ1v) is 7.04. The summed E-state index contributed by atoms with van der Waals surface area (Å²) in [6, 6.07) is 10.1. The van der Waals surface area contributed by atoms with Crippen LogP contribution in [0.5, 0.6) is 5.75 Å². The lowest BCUT2D eigenvalue weighted by atomic mass is 10.2. The second-order valence-corrected chi connectivity index (χ2v) is 5.06. The number of non-ortho nitro benzene ring substituents is 1. The predicted octanol–water partition coefficient (Wildman–Crippen LogP) is 3.73. The lowest BCUT2D eigenvalue weighted by Crippen LogP contribution is -1.89. The number of nitro benzene ring substituents is 1. The highest BCUT2D eigenvalue weighted by Crippen LogP contribution is 2.20. The molecule has 0 aliphatic carbocycles. The van der Waals surface area contributed by atoms with Crippen LogP contribution in [0.4, 0.5) is 5.69 Å². The zero-order valence-electron chi connectivity index (χ0n) is 12.8. The molecule has 0 amide bonds. The van der Waals surface area contributed by atoms with Crippen molar-refractivity contribution in [3.63, 3.8) is 0 Å². The molecule has 2 aromatic heterocycles. The Morgan fingerprint density at radius 1 is 1.22 bits per heavy atom. The van der Waals surface area contributed by atoms with Gasteiger partial charge in [0.25, 0.3) is 5.69 Å². The van der Waals surface area contributed by atoms with Gasteiger partial charge < -0.3 is 9.14 Å². The van der Waals surface area contributed by atoms with Gasteiger partial charge >= 0.3 is 0 Å². The summed E-state index contributed by atoms with van der Waals surface area (Å²) in [6.07, 6.45) is 5.70. The number of hydrogen-bond donors (Lipinski definition) is 0. The number of fused-ring (bicyclic) bond motifs is 1. The highest BCUT2D eigenvalue weighted by Gasteiger charge is 2.07. The van der Waals surface area contributed by atoms with Gasteiger partial charge in [0.1, 0.15) is 11.4 Å². The van der Waals surface area contributed by atoms with Crippen LogP contribution >= 0.6 is 0 Å². The third-order valence-electron chi connectivity index (χ3n) is 3.65. The van der Waals surface area contributed by atoms with Crippen molar-refractivity contribution in [2.24, 2.45) is 0 Å². The minimum atomic E-state index is -0.410. The van der Waals surface area contributed by atoms with Gasteiger partial charge in [-0.2, -0.15) is 0 Å². The number of hydrogen-bond acceptors (Lipinski definition) is 4. The van der Waals surface area contributed by atoms with Gasteiger partial charge in [-0.3, -0.25) is 10.1 Å². The lowest BCUT2D eigenvalue weighted by Gasteiger charge is -2.00. The smallest absolute Gasteiger partial charge is 0.269 e. The van der Waals surface area contributed by atoms with Crippen LogP contribution in [0.25, 0.3) is 17.8 Å². The number of nitro groups is 1. The molecule has 0 fully saturated rings. The molecular formula is C17H15N3O3. The minimum Gasteiger partial charge on any atom is -0.497 e. The standard InChI is InChI=1S/C17H15N3O3/c1-12-16(18-17-11-15(23-2)9-10-19(12)17)8-5-13-3-6-14(7-4-13)20(21)22/h3-11H,1-2H3/b8-5+. The van der Waals surface area contributed by atoms with Gasteiger partial charge in [-0.05, 0) is 36.8 Å². The van der Waals surface area contributed by atoms with E-state index in [2.05, 4.69) is 4.98 Å². The van der Waals surface area contributed by atoms with Crippen LogP contribution in [0.1, 0.15) is 17.0 Å². The first-order chi connectivity index (χ1) is 11.1. The SMILES string of the molecule is COc1ccn2c(C)c(/C=C/c3ccc([N+](=O)[O-])cc3)nc2c1. The minimum absolute atomic E-state index is 0.0816. The van der Waals surface area contributed by atoms with Crippen LogP contribution in [0.2, 0.25) is 0 Å². The maximum absolute atomic E-state index is 10.7. The molecule has 0 aliphatic rings. The Morgan fingerprint density at radius 3 is 2.61 bits per heavy atom. The Morgan fingerprint density at radius 2 is 1.96 bits per heavy atom. The fourth-order valence-electron chi connectivity index (χ4n) is 2.33. The quantitative estimate of drug-likeness (QED) is 0.544. The van der Waals surface area contributed by atoms with Crippen molar-refractivity contribution < 1.29 is 9.66 Å². The summed E-state index contributed by atoms with van der Waals surface area (Å²) in [6.45, 7) is 1.99. The molecule has 0 atom stereocenters. The van der Waals surface area contributed by atoms with E-state index in [9.17, 15) is 10.1 Å². The Balaban J connectivity index is 1.91. The Kier molecular flexibility index (Phi) is 3.80. The van der Waals surface area contributed by atoms with Crippen molar-refractivity contribution in [2.75, 3.05) is 7.11 Å². The van der Waals surface area contributed by atoms with Crippen molar-refractivity contribution in [1.29, 1.82) is 0 Å². The zero-order chi connectivity index (χ0) is 16.4. The molecule has 0 unspecified atom stereocenters. The van der Waals surface area contributed by atoms with E-state index >= 15 is 0 Å². The summed E-state index contributed by atoms with van der Waals surface area (Å²) in [5.41, 5.74) is 3.63. The van der Waals surface area contributed by atoms with Gasteiger partial charge in [-0.25, -0.2) is 4.98 Å². The molecule has 0 N–H and O–H groups in total. The molecule has 23 heavy (non-hydrogen) atoms. The predicted molar refractivity (Wildman–Crippen MR) is 88.5 cm³/mol. The van der Waals surface area contributed by atoms with Crippen LogP contribution in [0, 0.1) is 17.0 Å². The van der Waals surface area contributed by atoms with Crippen molar-refractivity contribution >= 4 is 23.5 Å². The number of imidazole rings is 1. The second-order valence-electron chi connectivity index (χ2n) is 5.06. The summed E-state index contributed by atoms with van der Waals surface area (Å²) in [7, 11) is 1.62. The van der Waals surface area contributed by atoms with Crippen LogP contribution in [-0.4, -0.2) is 21.4 Å². The number of aromatic nitrogens is 2. The average Bonchev–Trinajstić information content (AvgIpc) is 2.88. The number of pyridine rings is 1. The summed E-state index contributed by atoms with van der Waals surface area (Å²) in [4.78, 5) is 14.8. The van der Waals surface area contributed by atoms with Gasteiger partial charge in [-0.1, -0.05) is 6.08 Å². The summed E-state index contributed by atoms with van der Waals surface area (Å²) in [5, 5.41) is 10.7.